The van der Waals surface area contributed by atoms with Crippen molar-refractivity contribution in [3.63, 3.8) is 0 Å². The Labute approximate surface area is 97.6 Å². The van der Waals surface area contributed by atoms with Crippen LogP contribution in [0.4, 0.5) is 10.1 Å². The van der Waals surface area contributed by atoms with Crippen molar-refractivity contribution in [1.29, 1.82) is 0 Å². The van der Waals surface area contributed by atoms with Gasteiger partial charge in [0.05, 0.1) is 27.8 Å². The Morgan fingerprint density at radius 3 is 2.62 bits per heavy atom. The van der Waals surface area contributed by atoms with E-state index in [1.807, 2.05) is 6.92 Å². The van der Waals surface area contributed by atoms with Gasteiger partial charge in [0, 0.05) is 0 Å². The van der Waals surface area contributed by atoms with Gasteiger partial charge in [0.25, 0.3) is 0 Å². The summed E-state index contributed by atoms with van der Waals surface area (Å²) in [6.07, 6.45) is 0. The van der Waals surface area contributed by atoms with Crippen molar-refractivity contribution >= 4 is 17.3 Å². The summed E-state index contributed by atoms with van der Waals surface area (Å²) < 4.78 is 14.9. The molecular weight excluding hydrogens is 229 g/mol. The Kier molecular flexibility index (Phi) is 2.59. The summed E-state index contributed by atoms with van der Waals surface area (Å²) in [4.78, 5) is 0. The van der Waals surface area contributed by atoms with Gasteiger partial charge in [-0.25, -0.2) is 9.07 Å². The van der Waals surface area contributed by atoms with Gasteiger partial charge in [-0.2, -0.15) is 5.10 Å². The molecule has 0 atom stereocenters. The minimum atomic E-state index is -0.457. The molecule has 0 fully saturated rings. The van der Waals surface area contributed by atoms with Crippen LogP contribution in [0, 0.1) is 19.7 Å². The molecule has 0 spiro atoms. The largest absolute Gasteiger partial charge is 0.395 e. The Morgan fingerprint density at radius 2 is 2.06 bits per heavy atom. The topological polar surface area (TPSA) is 43.8 Å². The average molecular weight is 240 g/mol. The van der Waals surface area contributed by atoms with Gasteiger partial charge in [-0.15, -0.1) is 0 Å². The van der Waals surface area contributed by atoms with Crippen LogP contribution in [0.2, 0.25) is 5.02 Å². The molecule has 0 amide bonds. The van der Waals surface area contributed by atoms with E-state index >= 15 is 0 Å². The van der Waals surface area contributed by atoms with E-state index < -0.39 is 5.82 Å². The van der Waals surface area contributed by atoms with Crippen molar-refractivity contribution in [2.45, 2.75) is 13.8 Å². The maximum atomic E-state index is 13.3. The van der Waals surface area contributed by atoms with E-state index in [1.165, 1.54) is 6.07 Å². The highest BCUT2D eigenvalue weighted by Crippen LogP contribution is 2.26. The van der Waals surface area contributed by atoms with Crippen LogP contribution in [0.25, 0.3) is 5.69 Å². The first-order valence-corrected chi connectivity index (χ1v) is 5.16. The number of aromatic nitrogens is 2. The fraction of sp³-hybridized carbons (Fsp3) is 0.182. The van der Waals surface area contributed by atoms with Crippen LogP contribution in [-0.4, -0.2) is 9.78 Å². The maximum Gasteiger partial charge on any atom is 0.148 e. The van der Waals surface area contributed by atoms with Crippen molar-refractivity contribution in [3.8, 4) is 5.69 Å². The summed E-state index contributed by atoms with van der Waals surface area (Å²) in [5, 5.41) is 4.79. The average Bonchev–Trinajstić information content (AvgIpc) is 2.50. The van der Waals surface area contributed by atoms with Gasteiger partial charge in [-0.1, -0.05) is 17.7 Å². The lowest BCUT2D eigenvalue weighted by atomic mass is 10.2. The molecule has 0 unspecified atom stereocenters. The van der Waals surface area contributed by atoms with Gasteiger partial charge in [0.2, 0.25) is 0 Å². The number of aryl methyl sites for hydroxylation is 1. The Hall–Kier alpha value is -1.55. The van der Waals surface area contributed by atoms with Crippen LogP contribution in [0.1, 0.15) is 11.4 Å². The molecule has 0 aliphatic rings. The molecule has 0 radical (unpaired) electrons. The molecule has 5 heteroatoms. The Bertz CT molecular complexity index is 548. The summed E-state index contributed by atoms with van der Waals surface area (Å²) in [5.41, 5.74) is 7.69. The molecule has 1 heterocycles. The zero-order chi connectivity index (χ0) is 11.9. The monoisotopic (exact) mass is 239 g/mol. The van der Waals surface area contributed by atoms with E-state index in [0.29, 0.717) is 16.4 Å². The van der Waals surface area contributed by atoms with Crippen LogP contribution >= 0.6 is 11.6 Å². The van der Waals surface area contributed by atoms with E-state index in [1.54, 1.807) is 23.7 Å². The molecule has 16 heavy (non-hydrogen) atoms. The molecule has 1 aromatic carbocycles. The lowest BCUT2D eigenvalue weighted by molar-refractivity contribution is 0.630. The molecule has 0 saturated carbocycles. The number of hydrogen-bond donors (Lipinski definition) is 1. The molecule has 2 N–H and O–H groups in total. The SMILES string of the molecule is Cc1nn(-c2cccc(F)c2N)c(C)c1Cl. The number of nitrogens with two attached hydrogens (primary N) is 1. The van der Waals surface area contributed by atoms with Crippen LogP contribution < -0.4 is 5.73 Å². The first-order valence-electron chi connectivity index (χ1n) is 4.78. The lowest BCUT2D eigenvalue weighted by Gasteiger charge is -2.08. The smallest absolute Gasteiger partial charge is 0.148 e. The molecule has 2 rings (SSSR count). The highest BCUT2D eigenvalue weighted by atomic mass is 35.5. The third-order valence-electron chi connectivity index (χ3n) is 2.46. The first-order chi connectivity index (χ1) is 7.52. The van der Waals surface area contributed by atoms with Crippen LogP contribution in [0.5, 0.6) is 0 Å². The van der Waals surface area contributed by atoms with Crippen molar-refractivity contribution in [1.82, 2.24) is 9.78 Å². The summed E-state index contributed by atoms with van der Waals surface area (Å²) in [6.45, 7) is 3.61. The third kappa shape index (κ3) is 1.55. The third-order valence-corrected chi connectivity index (χ3v) is 3.01. The normalized spacial score (nSPS) is 10.8. The number of para-hydroxylation sites is 1. The van der Waals surface area contributed by atoms with Crippen LogP contribution in [0.15, 0.2) is 18.2 Å². The van der Waals surface area contributed by atoms with E-state index in [9.17, 15) is 4.39 Å². The highest BCUT2D eigenvalue weighted by Gasteiger charge is 2.13. The van der Waals surface area contributed by atoms with Crippen molar-refractivity contribution in [3.05, 3.63) is 40.4 Å². The van der Waals surface area contributed by atoms with E-state index in [-0.39, 0.29) is 5.69 Å². The Balaban J connectivity index is 2.68. The molecule has 0 saturated heterocycles. The van der Waals surface area contributed by atoms with Gasteiger partial charge in [-0.05, 0) is 26.0 Å². The van der Waals surface area contributed by atoms with Crippen LogP contribution in [0.3, 0.4) is 0 Å². The number of benzene rings is 1. The van der Waals surface area contributed by atoms with E-state index in [2.05, 4.69) is 5.10 Å². The van der Waals surface area contributed by atoms with Gasteiger partial charge >= 0.3 is 0 Å². The molecule has 2 aromatic rings. The maximum absolute atomic E-state index is 13.3. The number of nitrogen functional groups attached to an aromatic ring is 1. The quantitative estimate of drug-likeness (QED) is 0.778. The lowest BCUT2D eigenvalue weighted by Crippen LogP contribution is -2.05. The number of halogens is 2. The predicted octanol–water partition coefficient (Wildman–Crippen LogP) is 2.86. The van der Waals surface area contributed by atoms with Crippen LogP contribution in [-0.2, 0) is 0 Å². The van der Waals surface area contributed by atoms with Crippen molar-refractivity contribution < 1.29 is 4.39 Å². The van der Waals surface area contributed by atoms with Gasteiger partial charge in [0.1, 0.15) is 5.82 Å². The second-order valence-electron chi connectivity index (χ2n) is 3.57. The Morgan fingerprint density at radius 1 is 1.38 bits per heavy atom. The molecule has 0 aliphatic heterocycles. The minimum Gasteiger partial charge on any atom is -0.395 e. The number of hydrogen-bond acceptors (Lipinski definition) is 2. The zero-order valence-electron chi connectivity index (χ0n) is 8.96. The summed E-state index contributed by atoms with van der Waals surface area (Å²) in [5.74, 6) is -0.457. The molecule has 0 aliphatic carbocycles. The summed E-state index contributed by atoms with van der Waals surface area (Å²) in [6, 6.07) is 4.60. The second kappa shape index (κ2) is 3.79. The summed E-state index contributed by atoms with van der Waals surface area (Å²) in [7, 11) is 0. The highest BCUT2D eigenvalue weighted by molar-refractivity contribution is 6.31. The number of nitrogens with zero attached hydrogens (tertiary/aromatic N) is 2. The standard InChI is InChI=1S/C11H11ClFN3/c1-6-10(12)7(2)16(15-6)9-5-3-4-8(13)11(9)14/h3-5H,14H2,1-2H3. The molecule has 0 bridgehead atoms. The second-order valence-corrected chi connectivity index (χ2v) is 3.95. The fourth-order valence-electron chi connectivity index (χ4n) is 1.57. The van der Waals surface area contributed by atoms with E-state index in [0.717, 1.165) is 5.69 Å². The molecular formula is C11H11ClFN3. The molecule has 1 aromatic heterocycles. The van der Waals surface area contributed by atoms with Gasteiger partial charge < -0.3 is 5.73 Å². The molecule has 3 nitrogen and oxygen atoms in total. The van der Waals surface area contributed by atoms with Gasteiger partial charge in [-0.3, -0.25) is 0 Å². The van der Waals surface area contributed by atoms with Gasteiger partial charge in [0.15, 0.2) is 0 Å². The first kappa shape index (κ1) is 11.0. The number of rotatable bonds is 1. The minimum absolute atomic E-state index is 0.0739. The fourth-order valence-corrected chi connectivity index (χ4v) is 1.69. The van der Waals surface area contributed by atoms with Crippen molar-refractivity contribution in [2.24, 2.45) is 0 Å². The van der Waals surface area contributed by atoms with E-state index in [4.69, 9.17) is 17.3 Å². The molecule has 84 valence electrons. The zero-order valence-corrected chi connectivity index (χ0v) is 9.72. The predicted molar refractivity (Wildman–Crippen MR) is 62.4 cm³/mol. The van der Waals surface area contributed by atoms with Crippen molar-refractivity contribution in [2.75, 3.05) is 5.73 Å². The number of anilines is 1. The summed E-state index contributed by atoms with van der Waals surface area (Å²) >= 11 is 6.02.